The van der Waals surface area contributed by atoms with Crippen LogP contribution >= 0.6 is 11.6 Å². The lowest BCUT2D eigenvalue weighted by atomic mass is 10.1. The molecule has 0 aliphatic heterocycles. The van der Waals surface area contributed by atoms with Crippen LogP contribution in [0.15, 0.2) is 77.7 Å². The summed E-state index contributed by atoms with van der Waals surface area (Å²) in [6.07, 6.45) is 0.694. The Bertz CT molecular complexity index is 1420. The molecule has 2 amide bonds. The number of nitrogens with zero attached hydrogens (tertiary/aromatic N) is 2. The van der Waals surface area contributed by atoms with Crippen LogP contribution in [0.3, 0.4) is 0 Å². The van der Waals surface area contributed by atoms with E-state index in [-0.39, 0.29) is 29.1 Å². The fraction of sp³-hybridized carbons (Fsp3) is 0.310. The molecule has 0 saturated heterocycles. The van der Waals surface area contributed by atoms with Gasteiger partial charge in [0, 0.05) is 17.6 Å². The van der Waals surface area contributed by atoms with Crippen LogP contribution < -0.4 is 14.4 Å². The van der Waals surface area contributed by atoms with Crippen molar-refractivity contribution in [1.29, 1.82) is 0 Å². The number of methoxy groups -OCH3 is 1. The number of nitrogens with one attached hydrogen (secondary N) is 1. The highest BCUT2D eigenvalue weighted by Gasteiger charge is 2.33. The van der Waals surface area contributed by atoms with Gasteiger partial charge in [0.1, 0.15) is 24.2 Å². The van der Waals surface area contributed by atoms with E-state index >= 15 is 0 Å². The Labute approximate surface area is 239 Å². The van der Waals surface area contributed by atoms with Gasteiger partial charge in [-0.2, -0.15) is 0 Å². The summed E-state index contributed by atoms with van der Waals surface area (Å²) in [5.41, 5.74) is 0.750. The van der Waals surface area contributed by atoms with Crippen molar-refractivity contribution < 1.29 is 27.1 Å². The zero-order valence-corrected chi connectivity index (χ0v) is 24.4. The van der Waals surface area contributed by atoms with Gasteiger partial charge >= 0.3 is 0 Å². The summed E-state index contributed by atoms with van der Waals surface area (Å²) >= 11 is 6.15. The molecule has 3 aromatic rings. The van der Waals surface area contributed by atoms with Crippen LogP contribution in [-0.2, 0) is 26.2 Å². The molecule has 3 aromatic carbocycles. The van der Waals surface area contributed by atoms with Gasteiger partial charge in [0.2, 0.25) is 11.8 Å². The highest BCUT2D eigenvalue weighted by atomic mass is 35.5. The van der Waals surface area contributed by atoms with Crippen LogP contribution in [0, 0.1) is 5.82 Å². The Hall–Kier alpha value is -3.63. The number of ether oxygens (including phenoxy) is 1. The van der Waals surface area contributed by atoms with Gasteiger partial charge in [-0.1, -0.05) is 30.7 Å². The second-order valence-electron chi connectivity index (χ2n) is 9.31. The molecule has 0 aliphatic carbocycles. The van der Waals surface area contributed by atoms with Crippen molar-refractivity contribution in [3.8, 4) is 5.75 Å². The highest BCUT2D eigenvalue weighted by Crippen LogP contribution is 2.26. The van der Waals surface area contributed by atoms with E-state index < -0.39 is 34.3 Å². The third kappa shape index (κ3) is 7.73. The van der Waals surface area contributed by atoms with Crippen molar-refractivity contribution in [2.45, 2.75) is 50.7 Å². The molecule has 11 heteroatoms. The number of rotatable bonds is 12. The molecule has 0 saturated carbocycles. The van der Waals surface area contributed by atoms with Crippen LogP contribution in [0.5, 0.6) is 5.75 Å². The minimum atomic E-state index is -4.28. The van der Waals surface area contributed by atoms with Crippen LogP contribution in [0.4, 0.5) is 10.1 Å². The maximum atomic E-state index is 13.9. The van der Waals surface area contributed by atoms with Gasteiger partial charge in [0.25, 0.3) is 10.0 Å². The number of hydrogen-bond donors (Lipinski definition) is 1. The number of benzene rings is 3. The number of carbonyl (C=O) groups excluding carboxylic acids is 2. The highest BCUT2D eigenvalue weighted by molar-refractivity contribution is 7.92. The lowest BCUT2D eigenvalue weighted by molar-refractivity contribution is -0.139. The van der Waals surface area contributed by atoms with Gasteiger partial charge in [-0.25, -0.2) is 12.8 Å². The zero-order valence-electron chi connectivity index (χ0n) is 22.8. The molecule has 0 aromatic heterocycles. The smallest absolute Gasteiger partial charge is 0.264 e. The predicted molar refractivity (Wildman–Crippen MR) is 153 cm³/mol. The Balaban J connectivity index is 2.02. The average Bonchev–Trinajstić information content (AvgIpc) is 2.94. The second kappa shape index (κ2) is 13.6. The first-order valence-electron chi connectivity index (χ1n) is 12.7. The van der Waals surface area contributed by atoms with E-state index in [9.17, 15) is 22.4 Å². The molecule has 0 fully saturated rings. The van der Waals surface area contributed by atoms with E-state index in [1.54, 1.807) is 31.2 Å². The predicted octanol–water partition coefficient (Wildman–Crippen LogP) is 5.02. The van der Waals surface area contributed by atoms with E-state index in [1.807, 2.05) is 13.8 Å². The summed E-state index contributed by atoms with van der Waals surface area (Å²) in [7, 11) is -2.82. The lowest BCUT2D eigenvalue weighted by Crippen LogP contribution is -2.52. The quantitative estimate of drug-likeness (QED) is 0.320. The SMILES string of the molecule is CC[C@@H](C)NC(=O)[C@@H](C)N(Cc1cccc(Cl)c1)C(=O)CN(c1ccc(F)cc1)S(=O)(=O)c1ccc(OC)cc1. The van der Waals surface area contributed by atoms with Gasteiger partial charge in [-0.15, -0.1) is 0 Å². The van der Waals surface area contributed by atoms with Crippen LogP contribution in [-0.4, -0.2) is 50.9 Å². The fourth-order valence-electron chi connectivity index (χ4n) is 3.89. The number of carbonyl (C=O) groups is 2. The van der Waals surface area contributed by atoms with Crippen molar-refractivity contribution in [3.05, 3.63) is 89.2 Å². The van der Waals surface area contributed by atoms with Gasteiger partial charge in [-0.05, 0) is 86.5 Å². The fourth-order valence-corrected chi connectivity index (χ4v) is 5.52. The molecule has 0 bridgehead atoms. The summed E-state index contributed by atoms with van der Waals surface area (Å²) < 4.78 is 47.3. The van der Waals surface area contributed by atoms with Crippen LogP contribution in [0.2, 0.25) is 5.02 Å². The maximum Gasteiger partial charge on any atom is 0.264 e. The molecule has 0 unspecified atom stereocenters. The Kier molecular flexibility index (Phi) is 10.5. The van der Waals surface area contributed by atoms with Gasteiger partial charge in [0.15, 0.2) is 0 Å². The van der Waals surface area contributed by atoms with E-state index in [2.05, 4.69) is 5.32 Å². The number of anilines is 1. The van der Waals surface area contributed by atoms with Crippen molar-refractivity contribution in [2.24, 2.45) is 0 Å². The molecule has 2 atom stereocenters. The summed E-state index contributed by atoms with van der Waals surface area (Å²) in [6.45, 7) is 4.73. The van der Waals surface area contributed by atoms with Crippen molar-refractivity contribution in [1.82, 2.24) is 10.2 Å². The number of halogens is 2. The van der Waals surface area contributed by atoms with Crippen molar-refractivity contribution in [3.63, 3.8) is 0 Å². The van der Waals surface area contributed by atoms with E-state index in [0.717, 1.165) is 16.4 Å². The van der Waals surface area contributed by atoms with Crippen LogP contribution in [0.25, 0.3) is 0 Å². The third-order valence-electron chi connectivity index (χ3n) is 6.45. The lowest BCUT2D eigenvalue weighted by Gasteiger charge is -2.32. The number of hydrogen-bond acceptors (Lipinski definition) is 5. The van der Waals surface area contributed by atoms with Gasteiger partial charge in [0.05, 0.1) is 17.7 Å². The molecule has 0 aliphatic rings. The number of amides is 2. The van der Waals surface area contributed by atoms with E-state index in [0.29, 0.717) is 22.8 Å². The molecular formula is C29H33ClFN3O5S. The Morgan fingerprint density at radius 2 is 1.68 bits per heavy atom. The molecule has 0 heterocycles. The monoisotopic (exact) mass is 589 g/mol. The molecule has 0 spiro atoms. The molecule has 1 N–H and O–H groups in total. The third-order valence-corrected chi connectivity index (χ3v) is 8.47. The van der Waals surface area contributed by atoms with E-state index in [1.165, 1.54) is 48.4 Å². The van der Waals surface area contributed by atoms with Gasteiger partial charge in [-0.3, -0.25) is 13.9 Å². The standard InChI is InChI=1S/C29H33ClFN3O5S/c1-5-20(2)32-29(36)21(3)33(18-22-7-6-8-23(30)17-22)28(35)19-34(25-11-9-24(31)10-12-25)40(37,38)27-15-13-26(39-4)14-16-27/h6-17,20-21H,5,18-19H2,1-4H3,(H,32,36)/t20-,21-/m1/s1. The second-order valence-corrected chi connectivity index (χ2v) is 11.6. The number of sulfonamides is 1. The van der Waals surface area contributed by atoms with E-state index in [4.69, 9.17) is 16.3 Å². The normalized spacial score (nSPS) is 12.8. The van der Waals surface area contributed by atoms with Crippen LogP contribution in [0.1, 0.15) is 32.8 Å². The summed E-state index contributed by atoms with van der Waals surface area (Å²) in [5.74, 6) is -1.11. The average molecular weight is 590 g/mol. The summed E-state index contributed by atoms with van der Waals surface area (Å²) in [6, 6.07) is 16.3. The topological polar surface area (TPSA) is 96.0 Å². The largest absolute Gasteiger partial charge is 0.497 e. The summed E-state index contributed by atoms with van der Waals surface area (Å²) in [5, 5.41) is 3.33. The molecule has 0 radical (unpaired) electrons. The van der Waals surface area contributed by atoms with Gasteiger partial charge < -0.3 is 15.0 Å². The molecular weight excluding hydrogens is 557 g/mol. The molecule has 8 nitrogen and oxygen atoms in total. The first-order valence-corrected chi connectivity index (χ1v) is 14.5. The molecule has 40 heavy (non-hydrogen) atoms. The Morgan fingerprint density at radius 1 is 1.02 bits per heavy atom. The first-order chi connectivity index (χ1) is 19.0. The van der Waals surface area contributed by atoms with Crippen molar-refractivity contribution in [2.75, 3.05) is 18.0 Å². The summed E-state index contributed by atoms with van der Waals surface area (Å²) in [4.78, 5) is 28.2. The Morgan fingerprint density at radius 3 is 2.25 bits per heavy atom. The minimum Gasteiger partial charge on any atom is -0.497 e. The zero-order chi connectivity index (χ0) is 29.4. The maximum absolute atomic E-state index is 13.9. The first kappa shape index (κ1) is 30.9. The van der Waals surface area contributed by atoms with Crippen molar-refractivity contribution >= 4 is 39.1 Å². The molecule has 214 valence electrons. The minimum absolute atomic E-state index is 0.00826. The molecule has 3 rings (SSSR count).